The van der Waals surface area contributed by atoms with Crippen molar-refractivity contribution < 1.29 is 9.66 Å². The maximum Gasteiger partial charge on any atom is 0.269 e. The minimum atomic E-state index is -0.462. The molecule has 7 nitrogen and oxygen atoms in total. The maximum absolute atomic E-state index is 10.7. The number of methoxy groups -OCH3 is 1. The third kappa shape index (κ3) is 4.29. The average molecular weight is 378 g/mol. The first-order valence-corrected chi connectivity index (χ1v) is 8.70. The van der Waals surface area contributed by atoms with Crippen LogP contribution in [0.5, 0.6) is 5.75 Å². The van der Waals surface area contributed by atoms with E-state index in [0.29, 0.717) is 16.3 Å². The minimum Gasteiger partial charge on any atom is -0.497 e. The van der Waals surface area contributed by atoms with E-state index < -0.39 is 4.92 Å². The van der Waals surface area contributed by atoms with E-state index >= 15 is 0 Å². The van der Waals surface area contributed by atoms with Crippen molar-refractivity contribution in [3.63, 3.8) is 0 Å². The Bertz CT molecular complexity index is 1040. The SMILES string of the molecule is COc1cccc(-c2csc(/C(C#N)=C\Nc3ccc([N+](=O)[O-])cc3)n2)c1. The zero-order valence-corrected chi connectivity index (χ0v) is 15.1. The second kappa shape index (κ2) is 8.12. The molecule has 0 radical (unpaired) electrons. The summed E-state index contributed by atoms with van der Waals surface area (Å²) < 4.78 is 5.22. The molecule has 0 amide bonds. The van der Waals surface area contributed by atoms with Crippen LogP contribution in [0, 0.1) is 21.4 Å². The van der Waals surface area contributed by atoms with Crippen molar-refractivity contribution in [3.8, 4) is 23.1 Å². The van der Waals surface area contributed by atoms with Crippen LogP contribution >= 0.6 is 11.3 Å². The van der Waals surface area contributed by atoms with Gasteiger partial charge in [0, 0.05) is 35.0 Å². The highest BCUT2D eigenvalue weighted by Gasteiger charge is 2.10. The van der Waals surface area contributed by atoms with Gasteiger partial charge in [0.1, 0.15) is 22.4 Å². The summed E-state index contributed by atoms with van der Waals surface area (Å²) in [6.07, 6.45) is 1.54. The number of non-ortho nitro benzene ring substituents is 1. The van der Waals surface area contributed by atoms with Gasteiger partial charge in [-0.3, -0.25) is 10.1 Å². The Balaban J connectivity index is 1.79. The molecule has 134 valence electrons. The molecule has 0 aliphatic carbocycles. The quantitative estimate of drug-likeness (QED) is 0.379. The van der Waals surface area contributed by atoms with Gasteiger partial charge in [-0.15, -0.1) is 11.3 Å². The molecule has 1 heterocycles. The van der Waals surface area contributed by atoms with Crippen molar-refractivity contribution in [2.75, 3.05) is 12.4 Å². The molecule has 27 heavy (non-hydrogen) atoms. The summed E-state index contributed by atoms with van der Waals surface area (Å²) in [6, 6.07) is 15.6. The Labute approximate surface area is 159 Å². The lowest BCUT2D eigenvalue weighted by molar-refractivity contribution is -0.384. The van der Waals surface area contributed by atoms with Crippen molar-refractivity contribution in [2.24, 2.45) is 0 Å². The van der Waals surface area contributed by atoms with Gasteiger partial charge in [-0.25, -0.2) is 4.98 Å². The monoisotopic (exact) mass is 378 g/mol. The highest BCUT2D eigenvalue weighted by atomic mass is 32.1. The summed E-state index contributed by atoms with van der Waals surface area (Å²) in [6.45, 7) is 0. The number of nitrogens with zero attached hydrogens (tertiary/aromatic N) is 3. The molecule has 3 aromatic rings. The summed E-state index contributed by atoms with van der Waals surface area (Å²) in [5, 5.41) is 25.5. The second-order valence-electron chi connectivity index (χ2n) is 5.39. The molecule has 8 heteroatoms. The standard InChI is InChI=1S/C19H14N4O3S/c1-26-17-4-2-3-13(9-17)18-12-27-19(22-18)14(10-20)11-21-15-5-7-16(8-6-15)23(24)25/h2-9,11-12,21H,1H3/b14-11-. The van der Waals surface area contributed by atoms with Crippen LogP contribution in [0.4, 0.5) is 11.4 Å². The first-order chi connectivity index (χ1) is 13.1. The maximum atomic E-state index is 10.7. The third-order valence-corrected chi connectivity index (χ3v) is 4.56. The van der Waals surface area contributed by atoms with E-state index in [1.165, 1.54) is 29.7 Å². The van der Waals surface area contributed by atoms with Crippen molar-refractivity contribution in [1.82, 2.24) is 4.98 Å². The lowest BCUT2D eigenvalue weighted by atomic mass is 10.1. The topological polar surface area (TPSA) is 101 Å². The van der Waals surface area contributed by atoms with Gasteiger partial charge in [0.05, 0.1) is 17.7 Å². The summed E-state index contributed by atoms with van der Waals surface area (Å²) in [5.74, 6) is 0.734. The molecule has 0 fully saturated rings. The zero-order valence-electron chi connectivity index (χ0n) is 14.2. The van der Waals surface area contributed by atoms with E-state index in [0.717, 1.165) is 17.0 Å². The Morgan fingerprint density at radius 3 is 2.78 bits per heavy atom. The van der Waals surface area contributed by atoms with Gasteiger partial charge in [0.2, 0.25) is 0 Å². The number of hydrogen-bond donors (Lipinski definition) is 1. The third-order valence-electron chi connectivity index (χ3n) is 3.68. The van der Waals surface area contributed by atoms with Crippen LogP contribution in [-0.4, -0.2) is 17.0 Å². The fraction of sp³-hybridized carbons (Fsp3) is 0.0526. The van der Waals surface area contributed by atoms with E-state index in [4.69, 9.17) is 4.74 Å². The number of nitro groups is 1. The van der Waals surface area contributed by atoms with Gasteiger partial charge in [-0.1, -0.05) is 12.1 Å². The Morgan fingerprint density at radius 1 is 1.33 bits per heavy atom. The van der Waals surface area contributed by atoms with Crippen molar-refractivity contribution in [1.29, 1.82) is 5.26 Å². The van der Waals surface area contributed by atoms with Gasteiger partial charge < -0.3 is 10.1 Å². The fourth-order valence-corrected chi connectivity index (χ4v) is 3.08. The molecule has 1 aromatic heterocycles. The largest absolute Gasteiger partial charge is 0.497 e. The van der Waals surface area contributed by atoms with Gasteiger partial charge in [-0.2, -0.15) is 5.26 Å². The summed E-state index contributed by atoms with van der Waals surface area (Å²) in [4.78, 5) is 14.7. The number of ether oxygens (including phenoxy) is 1. The van der Waals surface area contributed by atoms with Crippen LogP contribution in [-0.2, 0) is 0 Å². The number of hydrogen-bond acceptors (Lipinski definition) is 7. The van der Waals surface area contributed by atoms with E-state index in [-0.39, 0.29) is 5.69 Å². The molecule has 0 aliphatic rings. The summed E-state index contributed by atoms with van der Waals surface area (Å²) in [7, 11) is 1.60. The molecule has 0 unspecified atom stereocenters. The molecule has 0 spiro atoms. The zero-order chi connectivity index (χ0) is 19.2. The van der Waals surface area contributed by atoms with E-state index in [9.17, 15) is 15.4 Å². The van der Waals surface area contributed by atoms with E-state index in [1.54, 1.807) is 19.2 Å². The molecular weight excluding hydrogens is 364 g/mol. The Hall–Kier alpha value is -3.70. The highest BCUT2D eigenvalue weighted by molar-refractivity contribution is 7.11. The lowest BCUT2D eigenvalue weighted by Gasteiger charge is -2.02. The van der Waals surface area contributed by atoms with Crippen molar-refractivity contribution >= 4 is 28.3 Å². The number of allylic oxidation sites excluding steroid dienone is 1. The highest BCUT2D eigenvalue weighted by Crippen LogP contribution is 2.28. The smallest absolute Gasteiger partial charge is 0.269 e. The first kappa shape index (κ1) is 18.1. The number of benzene rings is 2. The summed E-state index contributed by atoms with van der Waals surface area (Å²) >= 11 is 1.36. The molecule has 3 rings (SSSR count). The first-order valence-electron chi connectivity index (χ1n) is 7.82. The van der Waals surface area contributed by atoms with Crippen LogP contribution < -0.4 is 10.1 Å². The number of nitriles is 1. The normalized spacial score (nSPS) is 10.9. The minimum absolute atomic E-state index is 0.00731. The van der Waals surface area contributed by atoms with Crippen molar-refractivity contribution in [3.05, 3.63) is 75.2 Å². The number of nitro benzene ring substituents is 1. The van der Waals surface area contributed by atoms with Gasteiger partial charge in [-0.05, 0) is 24.3 Å². The number of thiazole rings is 1. The Kier molecular flexibility index (Phi) is 5.44. The van der Waals surface area contributed by atoms with E-state index in [1.807, 2.05) is 29.6 Å². The number of anilines is 1. The molecule has 2 aromatic carbocycles. The molecule has 0 atom stereocenters. The number of aromatic nitrogens is 1. The van der Waals surface area contributed by atoms with Gasteiger partial charge in [0.15, 0.2) is 0 Å². The number of nitrogens with one attached hydrogen (secondary N) is 1. The van der Waals surface area contributed by atoms with Crippen LogP contribution in [0.3, 0.4) is 0 Å². The van der Waals surface area contributed by atoms with Gasteiger partial charge in [0.25, 0.3) is 5.69 Å². The van der Waals surface area contributed by atoms with E-state index in [2.05, 4.69) is 16.4 Å². The number of rotatable bonds is 6. The molecular formula is C19H14N4O3S. The predicted molar refractivity (Wildman–Crippen MR) is 104 cm³/mol. The lowest BCUT2D eigenvalue weighted by Crippen LogP contribution is -1.92. The molecule has 0 bridgehead atoms. The van der Waals surface area contributed by atoms with Gasteiger partial charge >= 0.3 is 0 Å². The van der Waals surface area contributed by atoms with Crippen LogP contribution in [0.25, 0.3) is 16.8 Å². The molecule has 1 N–H and O–H groups in total. The second-order valence-corrected chi connectivity index (χ2v) is 6.25. The van der Waals surface area contributed by atoms with Crippen LogP contribution in [0.2, 0.25) is 0 Å². The van der Waals surface area contributed by atoms with Crippen LogP contribution in [0.1, 0.15) is 5.01 Å². The molecule has 0 aliphatic heterocycles. The Morgan fingerprint density at radius 2 is 2.11 bits per heavy atom. The fourth-order valence-electron chi connectivity index (χ4n) is 2.29. The summed E-state index contributed by atoms with van der Waals surface area (Å²) in [5.41, 5.74) is 2.67. The van der Waals surface area contributed by atoms with Crippen molar-refractivity contribution in [2.45, 2.75) is 0 Å². The average Bonchev–Trinajstić information content (AvgIpc) is 3.19. The van der Waals surface area contributed by atoms with Crippen LogP contribution in [0.15, 0.2) is 60.1 Å². The molecule has 0 saturated carbocycles. The molecule has 0 saturated heterocycles. The predicted octanol–water partition coefficient (Wildman–Crippen LogP) is 4.70.